The largest absolute Gasteiger partial charge is 0.534 e. The second-order valence-corrected chi connectivity index (χ2v) is 5.70. The van der Waals surface area contributed by atoms with E-state index >= 15 is 0 Å². The first kappa shape index (κ1) is 26.1. The van der Waals surface area contributed by atoms with Crippen molar-refractivity contribution < 1.29 is 38.9 Å². The molecule has 2 N–H and O–H groups in total. The van der Waals surface area contributed by atoms with Gasteiger partial charge in [0, 0.05) is 11.3 Å². The van der Waals surface area contributed by atoms with E-state index in [0.29, 0.717) is 12.1 Å². The Labute approximate surface area is 148 Å². The van der Waals surface area contributed by atoms with Crippen LogP contribution in [-0.2, 0) is 16.3 Å². The highest BCUT2D eigenvalue weighted by atomic mass is 32.2. The molecule has 0 fully saturated rings. The minimum atomic E-state index is -6.09. The van der Waals surface area contributed by atoms with Gasteiger partial charge >= 0.3 is 21.8 Å². The third-order valence-electron chi connectivity index (χ3n) is 2.09. The van der Waals surface area contributed by atoms with Crippen LogP contribution in [0.4, 0.5) is 26.3 Å². The van der Waals surface area contributed by atoms with E-state index in [1.54, 1.807) is 6.08 Å². The van der Waals surface area contributed by atoms with Gasteiger partial charge in [0.05, 0.1) is 5.56 Å². The van der Waals surface area contributed by atoms with Crippen molar-refractivity contribution in [3.63, 3.8) is 0 Å². The lowest BCUT2D eigenvalue weighted by atomic mass is 10.1. The number of benzene rings is 1. The minimum absolute atomic E-state index is 0.107. The van der Waals surface area contributed by atoms with Gasteiger partial charge in [0.25, 0.3) is 0 Å². The Hall–Kier alpha value is -2.17. The van der Waals surface area contributed by atoms with Gasteiger partial charge < -0.3 is 9.92 Å². The lowest BCUT2D eigenvalue weighted by Crippen LogP contribution is -2.28. The molecule has 26 heavy (non-hydrogen) atoms. The Morgan fingerprint density at radius 2 is 1.54 bits per heavy atom. The normalized spacial score (nSPS) is 11.3. The lowest BCUT2D eigenvalue weighted by molar-refractivity contribution is -0.137. The number of hydrogen-bond donors (Lipinski definition) is 1. The molecule has 1 rings (SSSR count). The summed E-state index contributed by atoms with van der Waals surface area (Å²) in [6.45, 7) is 12.4. The molecule has 0 saturated heterocycles. The summed E-state index contributed by atoms with van der Waals surface area (Å²) in [7, 11) is -6.09. The molecule has 0 bridgehead atoms. The fourth-order valence-corrected chi connectivity index (χ4v) is 1.61. The number of nitrogens with two attached hydrogens (primary N) is 1. The van der Waals surface area contributed by atoms with Crippen LogP contribution >= 0.6 is 0 Å². The third kappa shape index (κ3) is 8.28. The van der Waals surface area contributed by atoms with Gasteiger partial charge in [-0.15, -0.1) is 6.58 Å². The fourth-order valence-electron chi connectivity index (χ4n) is 1.17. The molecule has 0 spiro atoms. The van der Waals surface area contributed by atoms with Gasteiger partial charge in [0.1, 0.15) is 5.75 Å². The molecule has 0 aliphatic heterocycles. The zero-order valence-electron chi connectivity index (χ0n) is 14.2. The monoisotopic (exact) mass is 407 g/mol. The third-order valence-corrected chi connectivity index (χ3v) is 3.07. The Balaban J connectivity index is 0. The summed E-state index contributed by atoms with van der Waals surface area (Å²) in [6.07, 6.45) is -3.19. The average molecular weight is 407 g/mol. The van der Waals surface area contributed by atoms with E-state index in [4.69, 9.17) is 5.73 Å². The van der Waals surface area contributed by atoms with E-state index in [0.717, 1.165) is 0 Å². The molecule has 0 radical (unpaired) electrons. The van der Waals surface area contributed by atoms with Crippen LogP contribution in [0.3, 0.4) is 0 Å². The summed E-state index contributed by atoms with van der Waals surface area (Å²) in [4.78, 5) is 0. The Kier molecular flexibility index (Phi) is 10.1. The molecule has 0 unspecified atom stereocenters. The summed E-state index contributed by atoms with van der Waals surface area (Å²) in [5, 5.41) is 0. The summed E-state index contributed by atoms with van der Waals surface area (Å²) in [5.74, 6) is -1.18. The van der Waals surface area contributed by atoms with Gasteiger partial charge in [-0.25, -0.2) is 0 Å². The second kappa shape index (κ2) is 10.1. The first-order valence-electron chi connectivity index (χ1n) is 6.90. The molecule has 150 valence electrons. The van der Waals surface area contributed by atoms with Gasteiger partial charge in [0.15, 0.2) is 0 Å². The van der Waals surface area contributed by atoms with Crippen molar-refractivity contribution in [2.75, 3.05) is 0 Å². The molecule has 0 aliphatic rings. The minimum Gasteiger partial charge on any atom is -0.399 e. The van der Waals surface area contributed by atoms with Gasteiger partial charge in [0.2, 0.25) is 0 Å². The maximum absolute atomic E-state index is 12.6. The molecule has 1 aromatic carbocycles. The predicted molar refractivity (Wildman–Crippen MR) is 87.5 cm³/mol. The molecule has 0 heterocycles. The van der Waals surface area contributed by atoms with E-state index in [9.17, 15) is 34.8 Å². The first-order valence-corrected chi connectivity index (χ1v) is 8.31. The number of allylic oxidation sites excluding steroid dienone is 1. The summed E-state index contributed by atoms with van der Waals surface area (Å²) >= 11 is 0. The molecular weight excluding hydrogens is 388 g/mol. The second-order valence-electron chi connectivity index (χ2n) is 4.16. The molecule has 11 heteroatoms. The first-order chi connectivity index (χ1) is 11.7. The van der Waals surface area contributed by atoms with Crippen molar-refractivity contribution in [1.82, 2.24) is 0 Å². The number of halogens is 6. The lowest BCUT2D eigenvalue weighted by Gasteiger charge is -2.14. The number of hydrogen-bond acceptors (Lipinski definition) is 4. The smallest absolute Gasteiger partial charge is 0.399 e. The van der Waals surface area contributed by atoms with E-state index in [-0.39, 0.29) is 6.07 Å². The van der Waals surface area contributed by atoms with Gasteiger partial charge in [-0.1, -0.05) is 26.5 Å². The Bertz CT molecular complexity index is 709. The van der Waals surface area contributed by atoms with Crippen LogP contribution in [0.1, 0.15) is 31.9 Å². The summed E-state index contributed by atoms with van der Waals surface area (Å²) in [6, 6.07) is 1.20. The van der Waals surface area contributed by atoms with Crippen LogP contribution in [0.5, 0.6) is 5.75 Å². The zero-order valence-corrected chi connectivity index (χ0v) is 15.0. The van der Waals surface area contributed by atoms with E-state index in [1.807, 2.05) is 20.8 Å². The SMILES string of the molecule is C=C(N)c1cc(OS(=O)(=O)C(F)(F)F)cc(C(F)(F)F)c1.C=CC.CC. The zero-order chi connectivity index (χ0) is 21.3. The van der Waals surface area contributed by atoms with E-state index < -0.39 is 44.4 Å². The van der Waals surface area contributed by atoms with E-state index in [2.05, 4.69) is 17.3 Å². The van der Waals surface area contributed by atoms with Gasteiger partial charge in [-0.2, -0.15) is 34.8 Å². The van der Waals surface area contributed by atoms with Crippen molar-refractivity contribution in [3.05, 3.63) is 48.6 Å². The maximum atomic E-state index is 12.6. The van der Waals surface area contributed by atoms with Crippen molar-refractivity contribution >= 4 is 15.8 Å². The van der Waals surface area contributed by atoms with Crippen LogP contribution in [0.25, 0.3) is 5.70 Å². The fraction of sp³-hybridized carbons (Fsp3) is 0.333. The average Bonchev–Trinajstić information content (AvgIpc) is 2.47. The summed E-state index contributed by atoms with van der Waals surface area (Å²) in [5.41, 5.74) is -2.88. The van der Waals surface area contributed by atoms with Gasteiger partial charge in [-0.05, 0) is 25.1 Å². The molecule has 0 atom stereocenters. The van der Waals surface area contributed by atoms with Crippen LogP contribution in [0, 0.1) is 0 Å². The van der Waals surface area contributed by atoms with Crippen molar-refractivity contribution in [2.24, 2.45) is 5.73 Å². The van der Waals surface area contributed by atoms with Crippen LogP contribution < -0.4 is 9.92 Å². The number of alkyl halides is 6. The van der Waals surface area contributed by atoms with E-state index in [1.165, 1.54) is 0 Å². The summed E-state index contributed by atoms with van der Waals surface area (Å²) < 4.78 is 99.4. The number of rotatable bonds is 3. The van der Waals surface area contributed by atoms with Crippen molar-refractivity contribution in [1.29, 1.82) is 0 Å². The van der Waals surface area contributed by atoms with Crippen molar-refractivity contribution in [2.45, 2.75) is 32.5 Å². The maximum Gasteiger partial charge on any atom is 0.534 e. The molecule has 0 saturated carbocycles. The topological polar surface area (TPSA) is 69.4 Å². The highest BCUT2D eigenvalue weighted by Crippen LogP contribution is 2.35. The Morgan fingerprint density at radius 1 is 1.12 bits per heavy atom. The predicted octanol–water partition coefficient (Wildman–Crippen LogP) is 5.08. The van der Waals surface area contributed by atoms with Crippen molar-refractivity contribution in [3.8, 4) is 5.75 Å². The van der Waals surface area contributed by atoms with Crippen LogP contribution in [0.2, 0.25) is 0 Å². The molecule has 0 aromatic heterocycles. The Morgan fingerprint density at radius 3 is 1.85 bits per heavy atom. The molecular formula is C15H19F6NO3S. The van der Waals surface area contributed by atoms with Gasteiger partial charge in [-0.3, -0.25) is 0 Å². The van der Waals surface area contributed by atoms with Crippen LogP contribution in [-0.4, -0.2) is 13.9 Å². The molecule has 0 aliphatic carbocycles. The highest BCUT2D eigenvalue weighted by Gasteiger charge is 2.48. The standard InChI is InChI=1S/C10H7F6NO3S.C3H6.C2H6/c1-5(17)6-2-7(9(11,12)13)4-8(3-6)20-21(18,19)10(14,15)16;1-3-2;1-2/h2-4H,1,17H2;3H,1H2,2H3;1-2H3. The van der Waals surface area contributed by atoms with Crippen LogP contribution in [0.15, 0.2) is 37.4 Å². The molecule has 4 nitrogen and oxygen atoms in total. The molecule has 0 amide bonds. The quantitative estimate of drug-likeness (QED) is 0.328. The highest BCUT2D eigenvalue weighted by molar-refractivity contribution is 7.88. The molecule has 1 aromatic rings.